The lowest BCUT2D eigenvalue weighted by molar-refractivity contribution is 0.869. The Bertz CT molecular complexity index is 5370. The minimum atomic E-state index is -0.170. The summed E-state index contributed by atoms with van der Waals surface area (Å²) in [6.45, 7) is 4.31. The SMILES string of the molecule is CC(C)c1ccc2sc3c(c2c1)N(c1ccccc1)c1cc(N(c2ccccc2)c2ccccc2)cc2c1B3c1cc3c(cc1N2c1ccccc1)N(c1ccccc1)c1cc(N(c2ccccc2)c2ccccc2)cc2c1B3c1sc3ccccc3c1N2c1ccccc1. The number of hydrogen-bond donors (Lipinski definition) is 0. The lowest BCUT2D eigenvalue weighted by Gasteiger charge is -2.47. The summed E-state index contributed by atoms with van der Waals surface area (Å²) in [5.41, 5.74) is 26.7. The van der Waals surface area contributed by atoms with Crippen LogP contribution in [0.2, 0.25) is 0 Å². The second-order valence-electron chi connectivity index (χ2n) is 25.4. The van der Waals surface area contributed by atoms with Crippen LogP contribution in [-0.4, -0.2) is 13.4 Å². The predicted molar refractivity (Wildman–Crippen MR) is 409 cm³/mol. The van der Waals surface area contributed by atoms with Crippen molar-refractivity contribution in [2.24, 2.45) is 0 Å². The first-order chi connectivity index (χ1) is 47.0. The smallest absolute Gasteiger partial charge is 0.264 e. The minimum Gasteiger partial charge on any atom is -0.311 e. The van der Waals surface area contributed by atoms with E-state index in [1.54, 1.807) is 0 Å². The summed E-state index contributed by atoms with van der Waals surface area (Å²) < 4.78 is 5.22. The average Bonchev–Trinajstić information content (AvgIpc) is 1.04. The van der Waals surface area contributed by atoms with E-state index in [-0.39, 0.29) is 13.4 Å². The Morgan fingerprint density at radius 1 is 0.284 bits per heavy atom. The number of fused-ring (bicyclic) bond motifs is 12. The van der Waals surface area contributed by atoms with Crippen LogP contribution in [0.15, 0.2) is 322 Å². The summed E-state index contributed by atoms with van der Waals surface area (Å²) in [6.07, 6.45) is 0. The lowest BCUT2D eigenvalue weighted by atomic mass is 9.32. The van der Waals surface area contributed by atoms with Gasteiger partial charge in [-0.15, -0.1) is 22.7 Å². The second-order valence-corrected chi connectivity index (χ2v) is 27.5. The zero-order chi connectivity index (χ0) is 62.8. The summed E-state index contributed by atoms with van der Waals surface area (Å²) in [5.74, 6) is 0.337. The van der Waals surface area contributed by atoms with E-state index >= 15 is 0 Å². The van der Waals surface area contributed by atoms with E-state index in [9.17, 15) is 0 Å². The van der Waals surface area contributed by atoms with Gasteiger partial charge in [0.05, 0.1) is 22.7 Å². The van der Waals surface area contributed by atoms with Gasteiger partial charge in [0.15, 0.2) is 0 Å². The molecular formula is C85H60B2N6S2. The highest BCUT2D eigenvalue weighted by Crippen LogP contribution is 2.55. The van der Waals surface area contributed by atoms with E-state index in [0.29, 0.717) is 5.92 Å². The van der Waals surface area contributed by atoms with Crippen LogP contribution >= 0.6 is 22.7 Å². The number of thiophene rings is 2. The largest absolute Gasteiger partial charge is 0.311 e. The van der Waals surface area contributed by atoms with Gasteiger partial charge in [-0.3, -0.25) is 0 Å². The van der Waals surface area contributed by atoms with Crippen molar-refractivity contribution in [3.05, 3.63) is 327 Å². The molecule has 0 radical (unpaired) electrons. The van der Waals surface area contributed by atoms with Gasteiger partial charge in [-0.25, -0.2) is 0 Å². The maximum absolute atomic E-state index is 2.69. The van der Waals surface area contributed by atoms with Gasteiger partial charge in [-0.2, -0.15) is 0 Å². The molecule has 13 aromatic carbocycles. The highest BCUT2D eigenvalue weighted by atomic mass is 32.1. The summed E-state index contributed by atoms with van der Waals surface area (Å²) in [6, 6.07) is 120. The molecule has 448 valence electrons. The van der Waals surface area contributed by atoms with Gasteiger partial charge in [0.25, 0.3) is 13.4 Å². The van der Waals surface area contributed by atoms with Gasteiger partial charge >= 0.3 is 0 Å². The van der Waals surface area contributed by atoms with E-state index < -0.39 is 0 Å². The molecule has 6 nitrogen and oxygen atoms in total. The van der Waals surface area contributed by atoms with E-state index in [1.807, 2.05) is 22.7 Å². The third-order valence-electron chi connectivity index (χ3n) is 19.6. The molecule has 4 aliphatic heterocycles. The molecule has 95 heavy (non-hydrogen) atoms. The van der Waals surface area contributed by atoms with Crippen molar-refractivity contribution < 1.29 is 0 Å². The summed E-state index contributed by atoms with van der Waals surface area (Å²) in [7, 11) is 0. The normalized spacial score (nSPS) is 13.1. The number of hydrogen-bond acceptors (Lipinski definition) is 8. The van der Waals surface area contributed by atoms with Crippen LogP contribution in [0.1, 0.15) is 25.3 Å². The highest BCUT2D eigenvalue weighted by Gasteiger charge is 2.51. The fraction of sp³-hybridized carbons (Fsp3) is 0.0353. The van der Waals surface area contributed by atoms with Crippen LogP contribution in [0.25, 0.3) is 20.2 Å². The van der Waals surface area contributed by atoms with Gasteiger partial charge in [-0.1, -0.05) is 190 Å². The summed E-state index contributed by atoms with van der Waals surface area (Å²) >= 11 is 3.91. The molecule has 0 amide bonds. The monoisotopic (exact) mass is 1250 g/mol. The van der Waals surface area contributed by atoms with Gasteiger partial charge in [0, 0.05) is 109 Å². The van der Waals surface area contributed by atoms with Crippen LogP contribution in [0.5, 0.6) is 0 Å². The van der Waals surface area contributed by atoms with Crippen molar-refractivity contribution >= 4 is 190 Å². The molecule has 0 bridgehead atoms. The molecule has 19 rings (SSSR count). The van der Waals surface area contributed by atoms with Gasteiger partial charge < -0.3 is 29.4 Å². The van der Waals surface area contributed by atoms with E-state index in [0.717, 1.165) is 91.0 Å². The van der Waals surface area contributed by atoms with Crippen molar-refractivity contribution in [3.8, 4) is 0 Å². The van der Waals surface area contributed by atoms with Crippen molar-refractivity contribution in [2.75, 3.05) is 29.4 Å². The number of benzene rings is 13. The molecule has 0 fully saturated rings. The maximum Gasteiger partial charge on any atom is 0.264 e. The third-order valence-corrected chi connectivity index (χ3v) is 22.1. The van der Waals surface area contributed by atoms with Gasteiger partial charge in [0.2, 0.25) is 0 Å². The molecular weight excluding hydrogens is 1190 g/mol. The number of nitrogens with zero attached hydrogens (tertiary/aromatic N) is 6. The molecule has 15 aromatic rings. The molecule has 0 unspecified atom stereocenters. The molecule has 6 heterocycles. The van der Waals surface area contributed by atoms with Crippen molar-refractivity contribution in [1.82, 2.24) is 0 Å². The number of rotatable bonds is 11. The fourth-order valence-corrected chi connectivity index (χ4v) is 18.2. The second kappa shape index (κ2) is 22.2. The van der Waals surface area contributed by atoms with Crippen LogP contribution in [-0.2, 0) is 0 Å². The quantitative estimate of drug-likeness (QED) is 0.119. The molecule has 4 aliphatic rings. The fourth-order valence-electron chi connectivity index (χ4n) is 15.6. The van der Waals surface area contributed by atoms with Crippen molar-refractivity contribution in [3.63, 3.8) is 0 Å². The predicted octanol–water partition coefficient (Wildman–Crippen LogP) is 20.3. The molecule has 2 aromatic heterocycles. The standard InChI is InChI=1S/C85H60B2N6S2/c1-56(2)57-47-48-79-69(49-57)83-85(95-79)87-71-54-70-72(55-73(71)91(63-39-21-8-22-40-63)75-51-67(53-77(81(75)87)93(83)65-43-25-10-26-44-65)89(60-33-15-5-16-34-60)61-35-17-6-18-36-61)90(62-37-19-7-20-38-62)74-50-66(88(58-29-11-3-12-30-58)59-31-13-4-14-32-59)52-76-80(74)86(70)84-82(68-45-27-28-46-78(68)94-84)92(76)64-41-23-9-24-42-64/h3-56H,1-2H3. The van der Waals surface area contributed by atoms with E-state index in [2.05, 4.69) is 365 Å². The van der Waals surface area contributed by atoms with Crippen LogP contribution in [0.3, 0.4) is 0 Å². The number of para-hydroxylation sites is 8. The van der Waals surface area contributed by atoms with Crippen LogP contribution in [0, 0.1) is 0 Å². The first-order valence-electron chi connectivity index (χ1n) is 32.8. The van der Waals surface area contributed by atoms with E-state index in [1.165, 1.54) is 68.5 Å². The molecule has 0 spiro atoms. The Hall–Kier alpha value is -11.3. The van der Waals surface area contributed by atoms with E-state index in [4.69, 9.17) is 0 Å². The molecule has 0 aliphatic carbocycles. The minimum absolute atomic E-state index is 0.165. The number of anilines is 18. The van der Waals surface area contributed by atoms with Crippen LogP contribution in [0.4, 0.5) is 102 Å². The van der Waals surface area contributed by atoms with Gasteiger partial charge in [0.1, 0.15) is 0 Å². The average molecular weight is 1250 g/mol. The first kappa shape index (κ1) is 55.4. The Balaban J connectivity index is 0.965. The molecule has 0 saturated heterocycles. The molecule has 0 atom stereocenters. The summed E-state index contributed by atoms with van der Waals surface area (Å²) in [4.78, 5) is 15.3. The summed E-state index contributed by atoms with van der Waals surface area (Å²) in [5, 5.41) is 2.52. The third kappa shape index (κ3) is 8.71. The van der Waals surface area contributed by atoms with Crippen molar-refractivity contribution in [1.29, 1.82) is 0 Å². The Morgan fingerprint density at radius 3 is 1.00 bits per heavy atom. The Labute approximate surface area is 562 Å². The lowest BCUT2D eigenvalue weighted by Crippen LogP contribution is -2.64. The Morgan fingerprint density at radius 2 is 0.611 bits per heavy atom. The Kier molecular flexibility index (Phi) is 12.9. The molecule has 0 saturated carbocycles. The highest BCUT2D eigenvalue weighted by molar-refractivity contribution is 7.35. The van der Waals surface area contributed by atoms with Crippen molar-refractivity contribution in [2.45, 2.75) is 19.8 Å². The maximum atomic E-state index is 2.69. The molecule has 10 heteroatoms. The van der Waals surface area contributed by atoms with Gasteiger partial charge in [-0.05, 0) is 179 Å². The zero-order valence-electron chi connectivity index (χ0n) is 52.3. The first-order valence-corrected chi connectivity index (χ1v) is 34.5. The molecule has 0 N–H and O–H groups in total. The topological polar surface area (TPSA) is 19.4 Å². The van der Waals surface area contributed by atoms with Crippen LogP contribution < -0.4 is 60.8 Å². The zero-order valence-corrected chi connectivity index (χ0v) is 54.0.